The second-order valence-corrected chi connectivity index (χ2v) is 6.65. The van der Waals surface area contributed by atoms with Crippen LogP contribution in [0.4, 0.5) is 0 Å². The summed E-state index contributed by atoms with van der Waals surface area (Å²) in [5.74, 6) is 0.671. The number of halogens is 1. The maximum absolute atomic E-state index is 12.0. The third-order valence-corrected chi connectivity index (χ3v) is 5.07. The third-order valence-electron chi connectivity index (χ3n) is 2.83. The van der Waals surface area contributed by atoms with Gasteiger partial charge in [0.25, 0.3) is 5.56 Å². The van der Waals surface area contributed by atoms with E-state index in [9.17, 15) is 4.79 Å². The fraction of sp³-hybridized carbons (Fsp3) is 0.143. The normalized spacial score (nSPS) is 11.1. The van der Waals surface area contributed by atoms with Gasteiger partial charge < -0.3 is 0 Å². The fourth-order valence-corrected chi connectivity index (χ4v) is 3.67. The van der Waals surface area contributed by atoms with Crippen LogP contribution in [0.2, 0.25) is 5.02 Å². The Bertz CT molecular complexity index is 808. The van der Waals surface area contributed by atoms with Gasteiger partial charge in [-0.05, 0) is 31.2 Å². The summed E-state index contributed by atoms with van der Waals surface area (Å²) in [5.41, 5.74) is 1.72. The number of thioether (sulfide) groups is 1. The number of benzene rings is 1. The van der Waals surface area contributed by atoms with E-state index in [4.69, 9.17) is 11.6 Å². The molecule has 0 unspecified atom stereocenters. The molecule has 3 aromatic rings. The molecule has 0 atom stereocenters. The van der Waals surface area contributed by atoms with Crippen molar-refractivity contribution in [3.05, 3.63) is 62.5 Å². The highest BCUT2D eigenvalue weighted by Gasteiger charge is 2.06. The summed E-state index contributed by atoms with van der Waals surface area (Å²) >= 11 is 8.99. The summed E-state index contributed by atoms with van der Waals surface area (Å²) in [4.78, 5) is 18.4. The van der Waals surface area contributed by atoms with Crippen LogP contribution in [0.3, 0.4) is 0 Å². The molecule has 0 spiro atoms. The van der Waals surface area contributed by atoms with Crippen molar-refractivity contribution < 1.29 is 0 Å². The maximum Gasteiger partial charge on any atom is 0.258 e. The average Bonchev–Trinajstić information content (AvgIpc) is 2.80. The molecule has 0 saturated carbocycles. The van der Waals surface area contributed by atoms with Crippen LogP contribution in [0, 0.1) is 6.92 Å². The molecular formula is C14H11ClN2OS2. The first-order valence-electron chi connectivity index (χ1n) is 5.98. The minimum atomic E-state index is -0.0135. The standard InChI is InChI=1S/C14H11ClN2OS2/c1-9-7-20-14-16-11(6-13(18)17(9)14)8-19-12-4-2-10(15)3-5-12/h2-7H,8H2,1H3. The van der Waals surface area contributed by atoms with Gasteiger partial charge in [-0.15, -0.1) is 23.1 Å². The van der Waals surface area contributed by atoms with Crippen LogP contribution < -0.4 is 5.56 Å². The molecule has 0 aliphatic rings. The van der Waals surface area contributed by atoms with Gasteiger partial charge in [0.05, 0.1) is 5.69 Å². The topological polar surface area (TPSA) is 34.4 Å². The van der Waals surface area contributed by atoms with Crippen molar-refractivity contribution in [1.29, 1.82) is 0 Å². The van der Waals surface area contributed by atoms with Crippen LogP contribution in [-0.2, 0) is 5.75 Å². The smallest absolute Gasteiger partial charge is 0.258 e. The Morgan fingerprint density at radius 1 is 1.35 bits per heavy atom. The molecule has 0 bridgehead atoms. The molecule has 6 heteroatoms. The van der Waals surface area contributed by atoms with Gasteiger partial charge in [0.2, 0.25) is 0 Å². The van der Waals surface area contributed by atoms with E-state index < -0.39 is 0 Å². The molecule has 0 saturated heterocycles. The summed E-state index contributed by atoms with van der Waals surface area (Å²) in [6.07, 6.45) is 0. The number of hydrogen-bond acceptors (Lipinski definition) is 4. The Balaban J connectivity index is 1.84. The summed E-state index contributed by atoms with van der Waals surface area (Å²) in [6, 6.07) is 9.26. The van der Waals surface area contributed by atoms with Crippen molar-refractivity contribution in [2.45, 2.75) is 17.6 Å². The van der Waals surface area contributed by atoms with Crippen molar-refractivity contribution in [2.75, 3.05) is 0 Å². The number of fused-ring (bicyclic) bond motifs is 1. The first-order valence-corrected chi connectivity index (χ1v) is 8.23. The van der Waals surface area contributed by atoms with Gasteiger partial charge in [0.15, 0.2) is 4.96 Å². The minimum absolute atomic E-state index is 0.0135. The van der Waals surface area contributed by atoms with Gasteiger partial charge in [-0.1, -0.05) is 11.6 Å². The summed E-state index contributed by atoms with van der Waals surface area (Å²) in [7, 11) is 0. The molecule has 102 valence electrons. The van der Waals surface area contributed by atoms with Crippen LogP contribution in [0.15, 0.2) is 45.4 Å². The molecule has 2 heterocycles. The zero-order chi connectivity index (χ0) is 14.1. The van der Waals surface area contributed by atoms with Crippen molar-refractivity contribution in [1.82, 2.24) is 9.38 Å². The monoisotopic (exact) mass is 322 g/mol. The number of aryl methyl sites for hydroxylation is 1. The van der Waals surface area contributed by atoms with E-state index in [2.05, 4.69) is 4.98 Å². The third kappa shape index (κ3) is 2.75. The molecule has 0 amide bonds. The Morgan fingerprint density at radius 3 is 2.85 bits per heavy atom. The van der Waals surface area contributed by atoms with Gasteiger partial charge in [-0.25, -0.2) is 4.98 Å². The van der Waals surface area contributed by atoms with Crippen LogP contribution in [0.1, 0.15) is 11.4 Å². The van der Waals surface area contributed by atoms with E-state index in [1.807, 2.05) is 36.6 Å². The van der Waals surface area contributed by atoms with E-state index in [0.717, 1.165) is 26.3 Å². The van der Waals surface area contributed by atoms with Crippen LogP contribution in [-0.4, -0.2) is 9.38 Å². The van der Waals surface area contributed by atoms with E-state index >= 15 is 0 Å². The van der Waals surface area contributed by atoms with Gasteiger partial charge in [-0.2, -0.15) is 0 Å². The van der Waals surface area contributed by atoms with Crippen LogP contribution >= 0.6 is 34.7 Å². The first kappa shape index (κ1) is 13.7. The second-order valence-electron chi connectivity index (χ2n) is 4.32. The van der Waals surface area contributed by atoms with Crippen LogP contribution in [0.5, 0.6) is 0 Å². The Hall–Kier alpha value is -1.30. The molecule has 0 aliphatic carbocycles. The lowest BCUT2D eigenvalue weighted by molar-refractivity contribution is 0.997. The summed E-state index contributed by atoms with van der Waals surface area (Å²) in [6.45, 7) is 1.91. The second kappa shape index (κ2) is 5.60. The minimum Gasteiger partial charge on any atom is -0.269 e. The SMILES string of the molecule is Cc1csc2nc(CSc3ccc(Cl)cc3)cc(=O)n12. The lowest BCUT2D eigenvalue weighted by atomic mass is 10.4. The highest BCUT2D eigenvalue weighted by atomic mass is 35.5. The molecule has 0 radical (unpaired) electrons. The maximum atomic E-state index is 12.0. The van der Waals surface area contributed by atoms with E-state index in [1.54, 1.807) is 22.2 Å². The summed E-state index contributed by atoms with van der Waals surface area (Å²) < 4.78 is 1.64. The molecular weight excluding hydrogens is 312 g/mol. The molecule has 1 aromatic carbocycles. The fourth-order valence-electron chi connectivity index (χ4n) is 1.86. The average molecular weight is 323 g/mol. The number of aromatic nitrogens is 2. The van der Waals surface area contributed by atoms with Gasteiger partial charge >= 0.3 is 0 Å². The molecule has 2 aromatic heterocycles. The zero-order valence-corrected chi connectivity index (χ0v) is 13.1. The highest BCUT2D eigenvalue weighted by molar-refractivity contribution is 7.98. The molecule has 3 nitrogen and oxygen atoms in total. The van der Waals surface area contributed by atoms with Crippen LogP contribution in [0.25, 0.3) is 4.96 Å². The quantitative estimate of drug-likeness (QED) is 0.683. The molecule has 20 heavy (non-hydrogen) atoms. The largest absolute Gasteiger partial charge is 0.269 e. The number of nitrogens with zero attached hydrogens (tertiary/aromatic N) is 2. The Morgan fingerprint density at radius 2 is 2.10 bits per heavy atom. The predicted molar refractivity (Wildman–Crippen MR) is 85.1 cm³/mol. The Kier molecular flexibility index (Phi) is 3.83. The molecule has 0 N–H and O–H groups in total. The predicted octanol–water partition coefficient (Wildman–Crippen LogP) is 4.01. The molecule has 3 rings (SSSR count). The van der Waals surface area contributed by atoms with Gasteiger partial charge in [0, 0.05) is 32.8 Å². The van der Waals surface area contributed by atoms with E-state index in [1.165, 1.54) is 11.3 Å². The number of hydrogen-bond donors (Lipinski definition) is 0. The molecule has 0 aliphatic heterocycles. The lowest BCUT2D eigenvalue weighted by Gasteiger charge is -2.02. The van der Waals surface area contributed by atoms with E-state index in [0.29, 0.717) is 5.75 Å². The molecule has 0 fully saturated rings. The van der Waals surface area contributed by atoms with Gasteiger partial charge in [0.1, 0.15) is 0 Å². The van der Waals surface area contributed by atoms with Gasteiger partial charge in [-0.3, -0.25) is 9.20 Å². The summed E-state index contributed by atoms with van der Waals surface area (Å²) in [5, 5.41) is 2.67. The highest BCUT2D eigenvalue weighted by Crippen LogP contribution is 2.23. The van der Waals surface area contributed by atoms with Crippen molar-refractivity contribution in [3.8, 4) is 0 Å². The number of thiazole rings is 1. The van der Waals surface area contributed by atoms with E-state index in [-0.39, 0.29) is 5.56 Å². The zero-order valence-electron chi connectivity index (χ0n) is 10.7. The van der Waals surface area contributed by atoms with Crippen molar-refractivity contribution in [3.63, 3.8) is 0 Å². The lowest BCUT2D eigenvalue weighted by Crippen LogP contribution is -2.14. The van der Waals surface area contributed by atoms with Crippen molar-refractivity contribution in [2.24, 2.45) is 0 Å². The Labute approximate surface area is 129 Å². The number of rotatable bonds is 3. The van der Waals surface area contributed by atoms with Crippen molar-refractivity contribution >= 4 is 39.7 Å². The first-order chi connectivity index (χ1) is 9.63.